The van der Waals surface area contributed by atoms with Crippen LogP contribution in [0.4, 0.5) is 5.82 Å². The second-order valence-electron chi connectivity index (χ2n) is 5.03. The monoisotopic (exact) mass is 282 g/mol. The highest BCUT2D eigenvalue weighted by molar-refractivity contribution is 5.70. The maximum atomic E-state index is 10.9. The maximum Gasteiger partial charge on any atom is 0.342 e. The largest absolute Gasteiger partial charge is 0.481 e. The second-order valence-corrected chi connectivity index (χ2v) is 5.03. The van der Waals surface area contributed by atoms with Crippen LogP contribution in [0.1, 0.15) is 18.7 Å². The molecule has 0 bridgehead atoms. The number of nitro groups is 1. The van der Waals surface area contributed by atoms with Crippen LogP contribution in [0.15, 0.2) is 6.20 Å². The lowest BCUT2D eigenvalue weighted by atomic mass is 9.97. The Balaban J connectivity index is 1.89. The Morgan fingerprint density at radius 2 is 2.15 bits per heavy atom. The fourth-order valence-corrected chi connectivity index (χ4v) is 2.52. The Hall–Kier alpha value is -1.96. The molecular formula is C12H18N4O4. The van der Waals surface area contributed by atoms with Crippen LogP contribution in [0.25, 0.3) is 0 Å². The van der Waals surface area contributed by atoms with Gasteiger partial charge in [0, 0.05) is 13.5 Å². The molecule has 8 nitrogen and oxygen atoms in total. The molecule has 0 aromatic carbocycles. The molecule has 2 heterocycles. The average Bonchev–Trinajstić information content (AvgIpc) is 2.78. The number of carboxylic acid groups (broad SMARTS) is 1. The molecule has 8 heteroatoms. The number of likely N-dealkylation sites (tertiary alicyclic amines) is 1. The van der Waals surface area contributed by atoms with E-state index in [1.807, 2.05) is 0 Å². The summed E-state index contributed by atoms with van der Waals surface area (Å²) >= 11 is 0. The fourth-order valence-electron chi connectivity index (χ4n) is 2.52. The number of carboxylic acids is 1. The van der Waals surface area contributed by atoms with Gasteiger partial charge >= 0.3 is 11.8 Å². The van der Waals surface area contributed by atoms with Crippen molar-refractivity contribution in [3.8, 4) is 0 Å². The van der Waals surface area contributed by atoms with Gasteiger partial charge in [-0.2, -0.15) is 0 Å². The van der Waals surface area contributed by atoms with Gasteiger partial charge < -0.3 is 15.2 Å². The first-order valence-corrected chi connectivity index (χ1v) is 6.60. The van der Waals surface area contributed by atoms with E-state index in [1.165, 1.54) is 6.20 Å². The number of piperidine rings is 1. The van der Waals surface area contributed by atoms with E-state index in [1.54, 1.807) is 11.5 Å². The third-order valence-corrected chi connectivity index (χ3v) is 3.80. The van der Waals surface area contributed by atoms with Crippen molar-refractivity contribution >= 4 is 11.8 Å². The Labute approximate surface area is 116 Å². The number of aryl methyl sites for hydroxylation is 1. The van der Waals surface area contributed by atoms with Gasteiger partial charge in [0.1, 0.15) is 12.7 Å². The fraction of sp³-hybridized carbons (Fsp3) is 0.667. The summed E-state index contributed by atoms with van der Waals surface area (Å²) in [5.41, 5.74) is 0. The lowest BCUT2D eigenvalue weighted by Crippen LogP contribution is -2.38. The molecule has 1 saturated heterocycles. The lowest BCUT2D eigenvalue weighted by Gasteiger charge is -2.29. The first kappa shape index (κ1) is 14.4. The molecule has 2 rings (SSSR count). The molecule has 1 aliphatic heterocycles. The topological polar surface area (TPSA) is 102 Å². The SMILES string of the molecule is Cc1ncc([N+](=O)[O-])n1CCN1CCC(C(=O)O)CC1. The van der Waals surface area contributed by atoms with Crippen molar-refractivity contribution in [1.82, 2.24) is 14.5 Å². The highest BCUT2D eigenvalue weighted by atomic mass is 16.6. The van der Waals surface area contributed by atoms with Crippen molar-refractivity contribution < 1.29 is 14.8 Å². The summed E-state index contributed by atoms with van der Waals surface area (Å²) in [6.45, 7) is 4.35. The first-order chi connectivity index (χ1) is 9.49. The van der Waals surface area contributed by atoms with Crippen LogP contribution in [0.3, 0.4) is 0 Å². The number of aliphatic carboxylic acids is 1. The smallest absolute Gasteiger partial charge is 0.342 e. The zero-order valence-electron chi connectivity index (χ0n) is 11.4. The molecule has 1 fully saturated rings. The predicted molar refractivity (Wildman–Crippen MR) is 70.4 cm³/mol. The number of nitrogens with zero attached hydrogens (tertiary/aromatic N) is 4. The van der Waals surface area contributed by atoms with E-state index in [2.05, 4.69) is 9.88 Å². The quantitative estimate of drug-likeness (QED) is 0.636. The van der Waals surface area contributed by atoms with E-state index < -0.39 is 10.9 Å². The summed E-state index contributed by atoms with van der Waals surface area (Å²) < 4.78 is 1.59. The number of carbonyl (C=O) groups is 1. The van der Waals surface area contributed by atoms with Crippen LogP contribution in [-0.4, -0.2) is 50.1 Å². The molecule has 0 aliphatic carbocycles. The van der Waals surface area contributed by atoms with Crippen LogP contribution in [-0.2, 0) is 11.3 Å². The Morgan fingerprint density at radius 3 is 2.70 bits per heavy atom. The standard InChI is InChI=1S/C12H18N4O4/c1-9-13-8-11(16(19)20)15(9)7-6-14-4-2-10(3-5-14)12(17)18/h8,10H,2-7H2,1H3,(H,17,18). The number of imidazole rings is 1. The van der Waals surface area contributed by atoms with Crippen molar-refractivity contribution in [3.05, 3.63) is 22.1 Å². The molecule has 0 saturated carbocycles. The summed E-state index contributed by atoms with van der Waals surface area (Å²) in [7, 11) is 0. The van der Waals surface area contributed by atoms with Gasteiger partial charge in [-0.25, -0.2) is 9.55 Å². The predicted octanol–water partition coefficient (Wildman–Crippen LogP) is 0.896. The molecule has 0 unspecified atom stereocenters. The van der Waals surface area contributed by atoms with Crippen molar-refractivity contribution in [1.29, 1.82) is 0 Å². The molecule has 0 atom stereocenters. The zero-order valence-corrected chi connectivity index (χ0v) is 11.4. The van der Waals surface area contributed by atoms with Crippen LogP contribution in [0, 0.1) is 23.0 Å². The molecule has 0 radical (unpaired) electrons. The van der Waals surface area contributed by atoms with Gasteiger partial charge in [0.05, 0.1) is 5.92 Å². The van der Waals surface area contributed by atoms with E-state index in [0.717, 1.165) is 13.1 Å². The van der Waals surface area contributed by atoms with Gasteiger partial charge in [0.25, 0.3) is 0 Å². The second kappa shape index (κ2) is 6.00. The molecule has 1 aromatic heterocycles. The minimum atomic E-state index is -0.731. The van der Waals surface area contributed by atoms with Gasteiger partial charge in [-0.05, 0) is 30.9 Å². The molecular weight excluding hydrogens is 264 g/mol. The normalized spacial score (nSPS) is 17.2. The summed E-state index contributed by atoms with van der Waals surface area (Å²) in [4.78, 5) is 27.4. The number of aromatic nitrogens is 2. The molecule has 20 heavy (non-hydrogen) atoms. The first-order valence-electron chi connectivity index (χ1n) is 6.60. The van der Waals surface area contributed by atoms with Crippen molar-refractivity contribution in [3.63, 3.8) is 0 Å². The summed E-state index contributed by atoms with van der Waals surface area (Å²) in [5.74, 6) is -0.360. The van der Waals surface area contributed by atoms with Crippen molar-refractivity contribution in [2.75, 3.05) is 19.6 Å². The summed E-state index contributed by atoms with van der Waals surface area (Å²) in [5, 5.41) is 19.8. The number of hydrogen-bond acceptors (Lipinski definition) is 5. The maximum absolute atomic E-state index is 10.9. The van der Waals surface area contributed by atoms with Crippen molar-refractivity contribution in [2.24, 2.45) is 5.92 Å². The van der Waals surface area contributed by atoms with E-state index in [-0.39, 0.29) is 11.7 Å². The van der Waals surface area contributed by atoms with E-state index in [4.69, 9.17) is 5.11 Å². The number of hydrogen-bond donors (Lipinski definition) is 1. The van der Waals surface area contributed by atoms with Gasteiger partial charge in [-0.1, -0.05) is 0 Å². The lowest BCUT2D eigenvalue weighted by molar-refractivity contribution is -0.392. The summed E-state index contributed by atoms with van der Waals surface area (Å²) in [6.07, 6.45) is 2.55. The van der Waals surface area contributed by atoms with Crippen LogP contribution < -0.4 is 0 Å². The molecule has 1 aliphatic rings. The van der Waals surface area contributed by atoms with E-state index in [0.29, 0.717) is 31.8 Å². The Bertz CT molecular complexity index is 506. The van der Waals surface area contributed by atoms with E-state index in [9.17, 15) is 14.9 Å². The van der Waals surface area contributed by atoms with Crippen molar-refractivity contribution in [2.45, 2.75) is 26.3 Å². The molecule has 1 N–H and O–H groups in total. The molecule has 0 spiro atoms. The Kier molecular flexibility index (Phi) is 4.33. The third kappa shape index (κ3) is 3.13. The van der Waals surface area contributed by atoms with Gasteiger partial charge in [0.15, 0.2) is 5.82 Å². The minimum Gasteiger partial charge on any atom is -0.481 e. The highest BCUT2D eigenvalue weighted by Crippen LogP contribution is 2.18. The van der Waals surface area contributed by atoms with Crippen LogP contribution in [0.5, 0.6) is 0 Å². The molecule has 1 aromatic rings. The number of rotatable bonds is 5. The third-order valence-electron chi connectivity index (χ3n) is 3.80. The van der Waals surface area contributed by atoms with E-state index >= 15 is 0 Å². The van der Waals surface area contributed by atoms with Gasteiger partial charge in [-0.15, -0.1) is 0 Å². The van der Waals surface area contributed by atoms with Crippen LogP contribution in [0.2, 0.25) is 0 Å². The van der Waals surface area contributed by atoms with Gasteiger partial charge in [-0.3, -0.25) is 9.69 Å². The average molecular weight is 282 g/mol. The zero-order chi connectivity index (χ0) is 14.7. The highest BCUT2D eigenvalue weighted by Gasteiger charge is 2.25. The molecule has 110 valence electrons. The molecule has 0 amide bonds. The minimum absolute atomic E-state index is 0.00271. The Morgan fingerprint density at radius 1 is 1.50 bits per heavy atom. The van der Waals surface area contributed by atoms with Crippen LogP contribution >= 0.6 is 0 Å². The summed E-state index contributed by atoms with van der Waals surface area (Å²) in [6, 6.07) is 0. The van der Waals surface area contributed by atoms with Gasteiger partial charge in [0.2, 0.25) is 0 Å².